The van der Waals surface area contributed by atoms with E-state index in [4.69, 9.17) is 4.74 Å². The standard InChI is InChI=1S/C18H16Br2N4O3/c19-15-5-1-13(2-6-15)9-21-23-17(25)11-27-12-18(26)24-22-10-14-3-7-16(20)8-4-14/h1-10H,11-12H2,(H,23,25)(H,24,26)/b21-9+,22-10+. The molecule has 0 unspecified atom stereocenters. The van der Waals surface area contributed by atoms with Gasteiger partial charge in [0.15, 0.2) is 0 Å². The fourth-order valence-corrected chi connectivity index (χ4v) is 2.28. The molecule has 0 spiro atoms. The molecule has 0 aromatic heterocycles. The molecule has 27 heavy (non-hydrogen) atoms. The molecule has 140 valence electrons. The summed E-state index contributed by atoms with van der Waals surface area (Å²) < 4.78 is 6.92. The van der Waals surface area contributed by atoms with E-state index in [1.165, 1.54) is 12.4 Å². The van der Waals surface area contributed by atoms with E-state index >= 15 is 0 Å². The van der Waals surface area contributed by atoms with Crippen molar-refractivity contribution in [3.8, 4) is 0 Å². The first-order chi connectivity index (χ1) is 13.0. The number of benzene rings is 2. The molecule has 9 heteroatoms. The second kappa shape index (κ2) is 11.4. The third kappa shape index (κ3) is 8.72. The Labute approximate surface area is 173 Å². The van der Waals surface area contributed by atoms with Crippen molar-refractivity contribution in [2.45, 2.75) is 0 Å². The van der Waals surface area contributed by atoms with E-state index in [9.17, 15) is 9.59 Å². The number of hydrogen-bond acceptors (Lipinski definition) is 5. The minimum absolute atomic E-state index is 0.290. The average Bonchev–Trinajstić information content (AvgIpc) is 2.65. The summed E-state index contributed by atoms with van der Waals surface area (Å²) >= 11 is 6.67. The molecular formula is C18H16Br2N4O3. The number of nitrogens with one attached hydrogen (secondary N) is 2. The Morgan fingerprint density at radius 3 is 1.52 bits per heavy atom. The molecule has 0 heterocycles. The second-order valence-corrected chi connectivity index (χ2v) is 7.01. The molecule has 2 aromatic rings. The lowest BCUT2D eigenvalue weighted by atomic mass is 10.2. The first-order valence-corrected chi connectivity index (χ1v) is 9.34. The highest BCUT2D eigenvalue weighted by molar-refractivity contribution is 9.10. The van der Waals surface area contributed by atoms with Crippen molar-refractivity contribution in [2.75, 3.05) is 13.2 Å². The smallest absolute Gasteiger partial charge is 0.266 e. The molecule has 0 aliphatic rings. The molecule has 7 nitrogen and oxygen atoms in total. The van der Waals surface area contributed by atoms with Gasteiger partial charge in [-0.25, -0.2) is 10.9 Å². The number of amides is 2. The third-order valence-electron chi connectivity index (χ3n) is 3.01. The van der Waals surface area contributed by atoms with Crippen molar-refractivity contribution < 1.29 is 14.3 Å². The van der Waals surface area contributed by atoms with Crippen LogP contribution in [0.3, 0.4) is 0 Å². The maximum Gasteiger partial charge on any atom is 0.266 e. The average molecular weight is 496 g/mol. The molecule has 0 bridgehead atoms. The second-order valence-electron chi connectivity index (χ2n) is 5.18. The summed E-state index contributed by atoms with van der Waals surface area (Å²) in [4.78, 5) is 23.1. The van der Waals surface area contributed by atoms with E-state index in [1.807, 2.05) is 48.5 Å². The predicted molar refractivity (Wildman–Crippen MR) is 111 cm³/mol. The zero-order chi connectivity index (χ0) is 19.5. The summed E-state index contributed by atoms with van der Waals surface area (Å²) in [6.45, 7) is -0.580. The summed E-state index contributed by atoms with van der Waals surface area (Å²) in [5, 5.41) is 7.62. The van der Waals surface area contributed by atoms with Crippen LogP contribution in [0, 0.1) is 0 Å². The molecule has 0 aliphatic carbocycles. The first-order valence-electron chi connectivity index (χ1n) is 7.75. The van der Waals surface area contributed by atoms with Gasteiger partial charge in [-0.2, -0.15) is 10.2 Å². The summed E-state index contributed by atoms with van der Waals surface area (Å²) in [6.07, 6.45) is 3.02. The van der Waals surface area contributed by atoms with Gasteiger partial charge < -0.3 is 4.74 Å². The summed E-state index contributed by atoms with van der Waals surface area (Å²) in [5.41, 5.74) is 6.31. The van der Waals surface area contributed by atoms with Crippen molar-refractivity contribution >= 4 is 56.1 Å². The number of halogens is 2. The van der Waals surface area contributed by atoms with E-state index in [-0.39, 0.29) is 13.2 Å². The summed E-state index contributed by atoms with van der Waals surface area (Å²) in [7, 11) is 0. The Kier molecular flexibility index (Phi) is 8.82. The molecule has 0 radical (unpaired) electrons. The Morgan fingerprint density at radius 1 is 0.778 bits per heavy atom. The van der Waals surface area contributed by atoms with Gasteiger partial charge in [0.25, 0.3) is 11.8 Å². The van der Waals surface area contributed by atoms with E-state index in [1.54, 1.807) is 0 Å². The highest BCUT2D eigenvalue weighted by atomic mass is 79.9. The lowest BCUT2D eigenvalue weighted by Gasteiger charge is -2.02. The number of rotatable bonds is 8. The van der Waals surface area contributed by atoms with Crippen LogP contribution in [0.15, 0.2) is 67.7 Å². The first kappa shape index (κ1) is 20.9. The normalized spacial score (nSPS) is 11.0. The summed E-state index contributed by atoms with van der Waals surface area (Å²) in [6, 6.07) is 14.8. The Bertz CT molecular complexity index is 752. The van der Waals surface area contributed by atoms with E-state index in [0.717, 1.165) is 20.1 Å². The zero-order valence-electron chi connectivity index (χ0n) is 14.1. The van der Waals surface area contributed by atoms with E-state index in [0.29, 0.717) is 0 Å². The van der Waals surface area contributed by atoms with Gasteiger partial charge in [0, 0.05) is 8.95 Å². The van der Waals surface area contributed by atoms with Crippen LogP contribution in [-0.4, -0.2) is 37.5 Å². The van der Waals surface area contributed by atoms with Gasteiger partial charge >= 0.3 is 0 Å². The van der Waals surface area contributed by atoms with Crippen LogP contribution in [0.5, 0.6) is 0 Å². The van der Waals surface area contributed by atoms with Crippen molar-refractivity contribution in [1.29, 1.82) is 0 Å². The molecule has 2 N–H and O–H groups in total. The minimum Gasteiger partial charge on any atom is -0.362 e. The SMILES string of the molecule is O=C(COCC(=O)N/N=C/c1ccc(Br)cc1)N/N=C/c1ccc(Br)cc1. The van der Waals surface area contributed by atoms with E-state index in [2.05, 4.69) is 52.9 Å². The van der Waals surface area contributed by atoms with Crippen LogP contribution in [-0.2, 0) is 14.3 Å². The highest BCUT2D eigenvalue weighted by Crippen LogP contribution is 2.09. The number of ether oxygens (including phenoxy) is 1. The van der Waals surface area contributed by atoms with Crippen LogP contribution < -0.4 is 10.9 Å². The fourth-order valence-electron chi connectivity index (χ4n) is 1.76. The number of hydrazone groups is 2. The van der Waals surface area contributed by atoms with Gasteiger partial charge in [-0.15, -0.1) is 0 Å². The quantitative estimate of drug-likeness (QED) is 0.435. The number of carbonyl (C=O) groups excluding carboxylic acids is 2. The van der Waals surface area contributed by atoms with Crippen LogP contribution >= 0.6 is 31.9 Å². The number of nitrogens with zero attached hydrogens (tertiary/aromatic N) is 2. The van der Waals surface area contributed by atoms with Gasteiger partial charge in [-0.05, 0) is 35.4 Å². The molecule has 2 aromatic carbocycles. The summed E-state index contributed by atoms with van der Waals surface area (Å²) in [5.74, 6) is -0.927. The van der Waals surface area contributed by atoms with Crippen molar-refractivity contribution in [3.05, 3.63) is 68.6 Å². The van der Waals surface area contributed by atoms with Crippen LogP contribution in [0.1, 0.15) is 11.1 Å². The molecule has 0 aliphatic heterocycles. The highest BCUT2D eigenvalue weighted by Gasteiger charge is 2.03. The van der Waals surface area contributed by atoms with Gasteiger partial charge in [-0.3, -0.25) is 9.59 Å². The molecule has 0 fully saturated rings. The largest absolute Gasteiger partial charge is 0.362 e. The molecule has 2 rings (SSSR count). The third-order valence-corrected chi connectivity index (χ3v) is 4.07. The monoisotopic (exact) mass is 494 g/mol. The molecule has 2 amide bonds. The van der Waals surface area contributed by atoms with Crippen molar-refractivity contribution in [1.82, 2.24) is 10.9 Å². The van der Waals surface area contributed by atoms with E-state index < -0.39 is 11.8 Å². The number of hydrogen-bond donors (Lipinski definition) is 2. The van der Waals surface area contributed by atoms with Gasteiger partial charge in [0.1, 0.15) is 13.2 Å². The topological polar surface area (TPSA) is 92.2 Å². The molecule has 0 saturated carbocycles. The van der Waals surface area contributed by atoms with Crippen molar-refractivity contribution in [3.63, 3.8) is 0 Å². The molecular weight excluding hydrogens is 480 g/mol. The molecule has 0 saturated heterocycles. The van der Waals surface area contributed by atoms with Gasteiger partial charge in [0.2, 0.25) is 0 Å². The fraction of sp³-hybridized carbons (Fsp3) is 0.111. The van der Waals surface area contributed by atoms with Crippen LogP contribution in [0.4, 0.5) is 0 Å². The maximum absolute atomic E-state index is 11.6. The Balaban J connectivity index is 1.61. The maximum atomic E-state index is 11.6. The lowest BCUT2D eigenvalue weighted by molar-refractivity contribution is -0.130. The van der Waals surface area contributed by atoms with Crippen LogP contribution in [0.25, 0.3) is 0 Å². The Morgan fingerprint density at radius 2 is 1.15 bits per heavy atom. The predicted octanol–water partition coefficient (Wildman–Crippen LogP) is 2.83. The van der Waals surface area contributed by atoms with Crippen molar-refractivity contribution in [2.24, 2.45) is 10.2 Å². The lowest BCUT2D eigenvalue weighted by Crippen LogP contribution is -2.28. The number of carbonyl (C=O) groups is 2. The van der Waals surface area contributed by atoms with Gasteiger partial charge in [0.05, 0.1) is 12.4 Å². The van der Waals surface area contributed by atoms with Gasteiger partial charge in [-0.1, -0.05) is 56.1 Å². The molecule has 0 atom stereocenters. The Hall–Kier alpha value is -2.36. The van der Waals surface area contributed by atoms with Crippen LogP contribution in [0.2, 0.25) is 0 Å². The zero-order valence-corrected chi connectivity index (χ0v) is 17.2. The minimum atomic E-state index is -0.463.